The Morgan fingerprint density at radius 2 is 1.90 bits per heavy atom. The van der Waals surface area contributed by atoms with Gasteiger partial charge >= 0.3 is 0 Å². The summed E-state index contributed by atoms with van der Waals surface area (Å²) >= 11 is 0. The van der Waals surface area contributed by atoms with Crippen LogP contribution in [0.2, 0.25) is 0 Å². The molecule has 0 spiro atoms. The molecule has 0 aliphatic heterocycles. The van der Waals surface area contributed by atoms with Crippen LogP contribution in [0.1, 0.15) is 21.9 Å². The van der Waals surface area contributed by atoms with Gasteiger partial charge < -0.3 is 9.15 Å². The topological polar surface area (TPSA) is 110 Å². The van der Waals surface area contributed by atoms with Crippen LogP contribution >= 0.6 is 0 Å². The van der Waals surface area contributed by atoms with Crippen LogP contribution in [0.5, 0.6) is 5.75 Å². The van der Waals surface area contributed by atoms with Crippen molar-refractivity contribution in [2.75, 3.05) is 11.8 Å². The van der Waals surface area contributed by atoms with E-state index in [9.17, 15) is 13.2 Å². The van der Waals surface area contributed by atoms with Gasteiger partial charge in [-0.2, -0.15) is 5.10 Å². The maximum atomic E-state index is 12.7. The number of carbonyl (C=O) groups is 1. The van der Waals surface area contributed by atoms with Crippen LogP contribution in [0.3, 0.4) is 0 Å². The Kier molecular flexibility index (Phi) is 5.99. The molecule has 1 heterocycles. The van der Waals surface area contributed by atoms with Gasteiger partial charge in [-0.05, 0) is 49.4 Å². The zero-order valence-corrected chi connectivity index (χ0v) is 16.6. The van der Waals surface area contributed by atoms with Gasteiger partial charge in [0, 0.05) is 5.56 Å². The number of nitrogens with one attached hydrogen (secondary N) is 2. The van der Waals surface area contributed by atoms with Gasteiger partial charge in [-0.1, -0.05) is 18.2 Å². The minimum atomic E-state index is -3.93. The summed E-state index contributed by atoms with van der Waals surface area (Å²) in [7, 11) is -2.48. The molecule has 0 aliphatic carbocycles. The predicted molar refractivity (Wildman–Crippen MR) is 109 cm³/mol. The van der Waals surface area contributed by atoms with Crippen molar-refractivity contribution in [2.45, 2.75) is 11.8 Å². The van der Waals surface area contributed by atoms with Crippen LogP contribution in [-0.4, -0.2) is 27.6 Å². The fraction of sp³-hybridized carbons (Fsp3) is 0.100. The molecule has 2 N–H and O–H groups in total. The van der Waals surface area contributed by atoms with E-state index in [2.05, 4.69) is 15.2 Å². The van der Waals surface area contributed by atoms with E-state index in [0.29, 0.717) is 17.2 Å². The van der Waals surface area contributed by atoms with E-state index in [1.54, 1.807) is 43.3 Å². The van der Waals surface area contributed by atoms with Gasteiger partial charge in [0.25, 0.3) is 15.9 Å². The van der Waals surface area contributed by atoms with Crippen molar-refractivity contribution >= 4 is 27.8 Å². The first-order valence-electron chi connectivity index (χ1n) is 8.55. The van der Waals surface area contributed by atoms with Crippen molar-refractivity contribution in [1.29, 1.82) is 0 Å². The number of sulfonamides is 1. The number of anilines is 1. The summed E-state index contributed by atoms with van der Waals surface area (Å²) in [5.74, 6) is 1.03. The first-order valence-corrected chi connectivity index (χ1v) is 10.0. The second kappa shape index (κ2) is 8.61. The van der Waals surface area contributed by atoms with E-state index in [-0.39, 0.29) is 10.5 Å². The van der Waals surface area contributed by atoms with Crippen LogP contribution in [-0.2, 0) is 10.0 Å². The lowest BCUT2D eigenvalue weighted by atomic mass is 10.2. The summed E-state index contributed by atoms with van der Waals surface area (Å²) in [5, 5.41) is 3.81. The molecule has 0 bridgehead atoms. The summed E-state index contributed by atoms with van der Waals surface area (Å²) in [6, 6.07) is 15.7. The SMILES string of the molecule is COc1ccccc1NS(=O)(=O)c1cccc(C(=O)NN=Cc2ccc(C)o2)c1. The lowest BCUT2D eigenvalue weighted by molar-refractivity contribution is 0.0955. The third kappa shape index (κ3) is 5.02. The van der Waals surface area contributed by atoms with Crippen molar-refractivity contribution in [3.8, 4) is 5.75 Å². The predicted octanol–water partition coefficient (Wildman–Crippen LogP) is 3.16. The third-order valence-corrected chi connectivity index (χ3v) is 5.24. The van der Waals surface area contributed by atoms with Crippen LogP contribution < -0.4 is 14.9 Å². The molecule has 0 saturated heterocycles. The number of hydrogen-bond acceptors (Lipinski definition) is 6. The number of para-hydroxylation sites is 2. The second-order valence-corrected chi connectivity index (χ2v) is 7.66. The zero-order valence-electron chi connectivity index (χ0n) is 15.7. The maximum Gasteiger partial charge on any atom is 0.271 e. The van der Waals surface area contributed by atoms with Gasteiger partial charge in [0.15, 0.2) is 0 Å². The number of carbonyl (C=O) groups excluding carboxylic acids is 1. The van der Waals surface area contributed by atoms with Gasteiger partial charge in [0.05, 0.1) is 23.9 Å². The minimum Gasteiger partial charge on any atom is -0.495 e. The smallest absolute Gasteiger partial charge is 0.271 e. The van der Waals surface area contributed by atoms with Crippen LogP contribution in [0.15, 0.2) is 75.1 Å². The molecule has 0 fully saturated rings. The van der Waals surface area contributed by atoms with E-state index in [1.807, 2.05) is 0 Å². The number of amides is 1. The molecule has 0 radical (unpaired) electrons. The molecule has 3 aromatic rings. The first-order chi connectivity index (χ1) is 13.9. The third-order valence-electron chi connectivity index (χ3n) is 3.88. The minimum absolute atomic E-state index is 0.0679. The molecule has 0 aliphatic rings. The number of hydrogen-bond donors (Lipinski definition) is 2. The summed E-state index contributed by atoms with van der Waals surface area (Å²) in [5.41, 5.74) is 2.77. The quantitative estimate of drug-likeness (QED) is 0.457. The van der Waals surface area contributed by atoms with E-state index >= 15 is 0 Å². The molecule has 1 aromatic heterocycles. The lowest BCUT2D eigenvalue weighted by Crippen LogP contribution is -2.19. The van der Waals surface area contributed by atoms with Crippen LogP contribution in [0.4, 0.5) is 5.69 Å². The largest absolute Gasteiger partial charge is 0.495 e. The van der Waals surface area contributed by atoms with Gasteiger partial charge in [-0.25, -0.2) is 13.8 Å². The number of hydrazone groups is 1. The van der Waals surface area contributed by atoms with E-state index in [4.69, 9.17) is 9.15 Å². The molecular formula is C20H19N3O5S. The van der Waals surface area contributed by atoms with E-state index < -0.39 is 15.9 Å². The Hall–Kier alpha value is -3.59. The summed E-state index contributed by atoms with van der Waals surface area (Å²) < 4.78 is 38.3. The molecule has 0 saturated carbocycles. The molecule has 3 rings (SSSR count). The molecule has 8 nitrogen and oxygen atoms in total. The van der Waals surface area contributed by atoms with Crippen molar-refractivity contribution in [2.24, 2.45) is 5.10 Å². The molecule has 29 heavy (non-hydrogen) atoms. The average Bonchev–Trinajstić information content (AvgIpc) is 3.13. The van der Waals surface area contributed by atoms with E-state index in [1.165, 1.54) is 37.6 Å². The highest BCUT2D eigenvalue weighted by Gasteiger charge is 2.18. The fourth-order valence-corrected chi connectivity index (χ4v) is 3.59. The van der Waals surface area contributed by atoms with Crippen molar-refractivity contribution in [1.82, 2.24) is 5.43 Å². The molecule has 2 aromatic carbocycles. The molecule has 9 heteroatoms. The highest BCUT2D eigenvalue weighted by atomic mass is 32.2. The standard InChI is InChI=1S/C20H19N3O5S/c1-14-10-11-16(28-14)13-21-22-20(24)15-6-5-7-17(12-15)29(25,26)23-18-8-3-4-9-19(18)27-2/h3-13,23H,1-2H3,(H,22,24). The molecule has 150 valence electrons. The van der Waals surface area contributed by atoms with E-state index in [0.717, 1.165) is 5.76 Å². The van der Waals surface area contributed by atoms with Crippen molar-refractivity contribution in [3.63, 3.8) is 0 Å². The Bertz CT molecular complexity index is 1150. The Morgan fingerprint density at radius 1 is 1.10 bits per heavy atom. The highest BCUT2D eigenvalue weighted by Crippen LogP contribution is 2.26. The van der Waals surface area contributed by atoms with Gasteiger partial charge in [0.1, 0.15) is 17.3 Å². The van der Waals surface area contributed by atoms with Gasteiger partial charge in [-0.3, -0.25) is 9.52 Å². The number of furan rings is 1. The number of ether oxygens (including phenoxy) is 1. The Balaban J connectivity index is 1.75. The summed E-state index contributed by atoms with van der Waals surface area (Å²) in [6.45, 7) is 1.79. The second-order valence-electron chi connectivity index (χ2n) is 5.98. The lowest BCUT2D eigenvalue weighted by Gasteiger charge is -2.12. The highest BCUT2D eigenvalue weighted by molar-refractivity contribution is 7.92. The number of rotatable bonds is 7. The molecule has 0 unspecified atom stereocenters. The van der Waals surface area contributed by atoms with Crippen LogP contribution in [0, 0.1) is 6.92 Å². The molecule has 1 amide bonds. The first kappa shape index (κ1) is 20.2. The maximum absolute atomic E-state index is 12.7. The Labute approximate surface area is 168 Å². The number of nitrogens with zero attached hydrogens (tertiary/aromatic N) is 1. The number of methoxy groups -OCH3 is 1. The van der Waals surface area contributed by atoms with Crippen LogP contribution in [0.25, 0.3) is 0 Å². The van der Waals surface area contributed by atoms with Gasteiger partial charge in [-0.15, -0.1) is 0 Å². The summed E-state index contributed by atoms with van der Waals surface area (Å²) in [4.78, 5) is 12.2. The molecule has 0 atom stereocenters. The number of benzene rings is 2. The Morgan fingerprint density at radius 3 is 2.62 bits per heavy atom. The molecular weight excluding hydrogens is 394 g/mol. The normalized spacial score (nSPS) is 11.4. The summed E-state index contributed by atoms with van der Waals surface area (Å²) in [6.07, 6.45) is 1.36. The monoisotopic (exact) mass is 413 g/mol. The number of aryl methyl sites for hydroxylation is 1. The zero-order chi connectivity index (χ0) is 20.9. The van der Waals surface area contributed by atoms with Crippen molar-refractivity contribution in [3.05, 3.63) is 77.7 Å². The fourth-order valence-electron chi connectivity index (χ4n) is 2.48. The van der Waals surface area contributed by atoms with Crippen molar-refractivity contribution < 1.29 is 22.4 Å². The van der Waals surface area contributed by atoms with Gasteiger partial charge in [0.2, 0.25) is 0 Å². The average molecular weight is 413 g/mol.